The van der Waals surface area contributed by atoms with E-state index in [0.717, 1.165) is 0 Å². The van der Waals surface area contributed by atoms with Crippen LogP contribution in [-0.4, -0.2) is 72.5 Å². The fourth-order valence-electron chi connectivity index (χ4n) is 3.39. The van der Waals surface area contributed by atoms with Gasteiger partial charge < -0.3 is 31.6 Å². The molecule has 1 rings (SSSR count). The van der Waals surface area contributed by atoms with E-state index in [0.29, 0.717) is 0 Å². The van der Waals surface area contributed by atoms with E-state index in [1.165, 1.54) is 46.2 Å². The van der Waals surface area contributed by atoms with Gasteiger partial charge in [-0.25, -0.2) is 0 Å². The van der Waals surface area contributed by atoms with E-state index in [-0.39, 0.29) is 43.3 Å². The quantitative estimate of drug-likeness (QED) is 0.126. The van der Waals surface area contributed by atoms with Gasteiger partial charge in [-0.05, 0) is 28.7 Å². The summed E-state index contributed by atoms with van der Waals surface area (Å²) in [6.07, 6.45) is 1.73. The van der Waals surface area contributed by atoms with Gasteiger partial charge in [0.2, 0.25) is 0 Å². The van der Waals surface area contributed by atoms with Crippen LogP contribution in [0.2, 0.25) is 0 Å². The molecule has 1 saturated carbocycles. The molecule has 5 atom stereocenters. The van der Waals surface area contributed by atoms with E-state index in [1.54, 1.807) is 0 Å². The molecule has 0 N–H and O–H groups in total. The van der Waals surface area contributed by atoms with Gasteiger partial charge in [-0.3, -0.25) is 19.2 Å². The molecule has 0 aliphatic heterocycles. The molecule has 0 unspecified atom stereocenters. The Kier molecular flexibility index (Phi) is 18.7. The summed E-state index contributed by atoms with van der Waals surface area (Å²) in [4.78, 5) is 45.2. The molecule has 0 aromatic rings. The minimum absolute atomic E-state index is 0. The number of esters is 4. The van der Waals surface area contributed by atoms with Crippen molar-refractivity contribution in [1.82, 2.24) is 0 Å². The van der Waals surface area contributed by atoms with Crippen molar-refractivity contribution in [3.05, 3.63) is 0 Å². The van der Waals surface area contributed by atoms with Crippen molar-refractivity contribution in [2.24, 2.45) is 5.92 Å². The zero-order valence-electron chi connectivity index (χ0n) is 19.9. The summed E-state index contributed by atoms with van der Waals surface area (Å²) in [5.41, 5.74) is 0. The SMILES string of the molecule is CC(=O)OC[C@H]1C[C@@H]([S-])[C@H](OC(C)=O)[C@@H](OC(C)=O)[C@@H]1OC(C)=O.CC[PH+](CC)CC.[Au+]. The molecule has 8 nitrogen and oxygen atoms in total. The van der Waals surface area contributed by atoms with Gasteiger partial charge >= 0.3 is 46.3 Å². The zero-order valence-corrected chi connectivity index (χ0v) is 23.9. The van der Waals surface area contributed by atoms with Crippen LogP contribution in [0.4, 0.5) is 0 Å². The molecule has 0 aromatic heterocycles. The summed E-state index contributed by atoms with van der Waals surface area (Å²) in [7, 11) is 0.137. The van der Waals surface area contributed by atoms with Crippen molar-refractivity contribution < 1.29 is 60.5 Å². The Balaban J connectivity index is 0. The summed E-state index contributed by atoms with van der Waals surface area (Å²) >= 11 is 5.33. The predicted molar refractivity (Wildman–Crippen MR) is 122 cm³/mol. The Morgan fingerprint density at radius 2 is 1.16 bits per heavy atom. The van der Waals surface area contributed by atoms with Crippen LogP contribution in [0, 0.1) is 5.92 Å². The maximum absolute atomic E-state index is 11.4. The van der Waals surface area contributed by atoms with Gasteiger partial charge in [-0.2, -0.15) is 0 Å². The number of ether oxygens (including phenoxy) is 4. The van der Waals surface area contributed by atoms with Crippen LogP contribution in [0.3, 0.4) is 0 Å². The average molecular weight is 678 g/mol. The number of hydrogen-bond acceptors (Lipinski definition) is 9. The van der Waals surface area contributed by atoms with Crippen molar-refractivity contribution >= 4 is 44.4 Å². The van der Waals surface area contributed by atoms with Crippen LogP contribution in [0.1, 0.15) is 54.9 Å². The van der Waals surface area contributed by atoms with E-state index in [2.05, 4.69) is 20.8 Å². The van der Waals surface area contributed by atoms with Gasteiger partial charge in [0.1, 0.15) is 12.2 Å². The van der Waals surface area contributed by atoms with E-state index in [4.69, 9.17) is 31.6 Å². The molecule has 0 aromatic carbocycles. The van der Waals surface area contributed by atoms with Gasteiger partial charge in [0.25, 0.3) is 0 Å². The first-order valence-electron chi connectivity index (χ1n) is 10.6. The third kappa shape index (κ3) is 13.2. The molecule has 0 saturated heterocycles. The predicted octanol–water partition coefficient (Wildman–Crippen LogP) is 2.54. The Morgan fingerprint density at radius 1 is 0.750 bits per heavy atom. The molecule has 190 valence electrons. The minimum atomic E-state index is -1.06. The minimum Gasteiger partial charge on any atom is -0.786 e. The molecule has 32 heavy (non-hydrogen) atoms. The van der Waals surface area contributed by atoms with E-state index >= 15 is 0 Å². The molecular weight excluding hydrogens is 640 g/mol. The van der Waals surface area contributed by atoms with Gasteiger partial charge in [-0.1, -0.05) is 6.42 Å². The third-order valence-corrected chi connectivity index (χ3v) is 8.38. The number of rotatable bonds is 8. The first kappa shape index (κ1) is 33.6. The van der Waals surface area contributed by atoms with Gasteiger partial charge in [0.05, 0.1) is 25.1 Å². The van der Waals surface area contributed by atoms with Crippen molar-refractivity contribution in [1.29, 1.82) is 0 Å². The van der Waals surface area contributed by atoms with Crippen LogP contribution < -0.4 is 0 Å². The second-order valence-electron chi connectivity index (χ2n) is 7.37. The van der Waals surface area contributed by atoms with E-state index in [1.807, 2.05) is 0 Å². The van der Waals surface area contributed by atoms with Crippen molar-refractivity contribution in [2.75, 3.05) is 25.1 Å². The molecule has 0 heterocycles. The van der Waals surface area contributed by atoms with Crippen LogP contribution >= 0.6 is 7.92 Å². The molecular formula is C21H37AuO8PS+. The Hall–Kier alpha value is -0.600. The summed E-state index contributed by atoms with van der Waals surface area (Å²) in [5, 5.41) is -0.592. The van der Waals surface area contributed by atoms with Gasteiger partial charge in [-0.15, -0.1) is 5.25 Å². The molecule has 0 radical (unpaired) electrons. The number of carbonyl (C=O) groups excluding carboxylic acids is 4. The monoisotopic (exact) mass is 677 g/mol. The topological polar surface area (TPSA) is 105 Å². The smallest absolute Gasteiger partial charge is 0.786 e. The molecule has 1 aliphatic rings. The third-order valence-electron chi connectivity index (χ3n) is 4.92. The standard InChI is InChI=1S/C15H22O8S.C6H15P.Au/c1-7(16)20-6-11-5-12(24)14(22-9(3)18)15(23-10(4)19)13(11)21-8(2)17;1-4-7(5-2)6-3;/h11-15,24H,5-6H2,1-4H3;4-6H2,1-3H3;/q;;+1/t11-,12-,13-,14+,15+;;/m1../s1. The fourth-order valence-corrected chi connectivity index (χ4v) is 5.34. The van der Waals surface area contributed by atoms with Gasteiger partial charge in [0, 0.05) is 33.6 Å². The number of hydrogen-bond donors (Lipinski definition) is 0. The van der Waals surface area contributed by atoms with Crippen LogP contribution in [0.5, 0.6) is 0 Å². The van der Waals surface area contributed by atoms with Crippen molar-refractivity contribution in [3.63, 3.8) is 0 Å². The van der Waals surface area contributed by atoms with Crippen molar-refractivity contribution in [2.45, 2.75) is 78.4 Å². The Morgan fingerprint density at radius 3 is 1.50 bits per heavy atom. The first-order valence-corrected chi connectivity index (χ1v) is 13.2. The maximum atomic E-state index is 11.4. The molecule has 0 spiro atoms. The summed E-state index contributed by atoms with van der Waals surface area (Å²) < 4.78 is 20.7. The second kappa shape index (κ2) is 17.8. The normalized spacial score (nSPS) is 24.2. The fraction of sp³-hybridized carbons (Fsp3) is 0.810. The molecule has 1 fully saturated rings. The first-order chi connectivity index (χ1) is 14.5. The molecule has 1 aliphatic carbocycles. The molecule has 11 heteroatoms. The van der Waals surface area contributed by atoms with E-state index < -0.39 is 53.4 Å². The van der Waals surface area contributed by atoms with Crippen LogP contribution in [0.25, 0.3) is 0 Å². The van der Waals surface area contributed by atoms with E-state index in [9.17, 15) is 19.2 Å². The maximum Gasteiger partial charge on any atom is 1.00 e. The summed E-state index contributed by atoms with van der Waals surface area (Å²) in [5.74, 6) is -2.80. The van der Waals surface area contributed by atoms with Gasteiger partial charge in [0.15, 0.2) is 6.10 Å². The average Bonchev–Trinajstić information content (AvgIpc) is 2.66. The second-order valence-corrected chi connectivity index (χ2v) is 11.6. The van der Waals surface area contributed by atoms with Crippen molar-refractivity contribution in [3.8, 4) is 0 Å². The van der Waals surface area contributed by atoms with Crippen LogP contribution in [0.15, 0.2) is 0 Å². The zero-order chi connectivity index (χ0) is 24.1. The Labute approximate surface area is 213 Å². The largest absolute Gasteiger partial charge is 1.00 e. The summed E-state index contributed by atoms with van der Waals surface area (Å²) in [6.45, 7) is 11.7. The number of carbonyl (C=O) groups is 4. The Bertz CT molecular complexity index is 597. The molecule has 0 bridgehead atoms. The van der Waals surface area contributed by atoms with Crippen LogP contribution in [-0.2, 0) is 73.1 Å². The molecule has 0 amide bonds. The summed E-state index contributed by atoms with van der Waals surface area (Å²) in [6, 6.07) is 0.